The van der Waals surface area contributed by atoms with Crippen LogP contribution < -0.4 is 4.90 Å². The maximum atomic E-state index is 6.12. The van der Waals surface area contributed by atoms with Gasteiger partial charge in [-0.2, -0.15) is 0 Å². The zero-order valence-electron chi connectivity index (χ0n) is 9.61. The summed E-state index contributed by atoms with van der Waals surface area (Å²) in [7, 11) is 5.88. The number of hydrogen-bond donors (Lipinski definition) is 0. The van der Waals surface area contributed by atoms with Gasteiger partial charge in [0.25, 0.3) is 0 Å². The van der Waals surface area contributed by atoms with Crippen molar-refractivity contribution in [1.29, 1.82) is 0 Å². The minimum absolute atomic E-state index is 0.534. The molecule has 0 fully saturated rings. The molecule has 0 spiro atoms. The molecule has 1 heterocycles. The van der Waals surface area contributed by atoms with Gasteiger partial charge >= 0.3 is 0 Å². The smallest absolute Gasteiger partial charge is 0.172 e. The highest BCUT2D eigenvalue weighted by atomic mass is 35.5. The summed E-state index contributed by atoms with van der Waals surface area (Å²) in [5, 5.41) is 0.534. The summed E-state index contributed by atoms with van der Waals surface area (Å²) in [6, 6.07) is 10.0. The number of aromatic nitrogens is 2. The molecule has 0 aliphatic carbocycles. The van der Waals surface area contributed by atoms with Gasteiger partial charge in [-0.25, -0.2) is 4.98 Å². The summed E-state index contributed by atoms with van der Waals surface area (Å²) >= 11 is 6.12. The van der Waals surface area contributed by atoms with Gasteiger partial charge < -0.3 is 9.47 Å². The van der Waals surface area contributed by atoms with Crippen molar-refractivity contribution in [1.82, 2.24) is 9.55 Å². The average molecular weight is 236 g/mol. The van der Waals surface area contributed by atoms with E-state index in [0.29, 0.717) is 5.15 Å². The Balaban J connectivity index is 2.56. The lowest BCUT2D eigenvalue weighted by Gasteiger charge is -2.13. The molecule has 0 unspecified atom stereocenters. The predicted octanol–water partition coefficient (Wildman–Crippen LogP) is 2.81. The van der Waals surface area contributed by atoms with Gasteiger partial charge in [0, 0.05) is 26.7 Å². The zero-order valence-corrected chi connectivity index (χ0v) is 10.4. The fraction of sp³-hybridized carbons (Fsp3) is 0.250. The van der Waals surface area contributed by atoms with Crippen LogP contribution in [0.1, 0.15) is 0 Å². The fourth-order valence-electron chi connectivity index (χ4n) is 1.79. The van der Waals surface area contributed by atoms with Crippen LogP contribution in [0.4, 0.5) is 5.82 Å². The van der Waals surface area contributed by atoms with Gasteiger partial charge in [0.05, 0.1) is 0 Å². The molecule has 1 aromatic carbocycles. The number of imidazole rings is 1. The summed E-state index contributed by atoms with van der Waals surface area (Å²) < 4.78 is 2.00. The lowest BCUT2D eigenvalue weighted by atomic mass is 10.2. The van der Waals surface area contributed by atoms with Gasteiger partial charge in [0.2, 0.25) is 0 Å². The molecule has 16 heavy (non-hydrogen) atoms. The van der Waals surface area contributed by atoms with Gasteiger partial charge in [-0.1, -0.05) is 41.9 Å². The van der Waals surface area contributed by atoms with Crippen LogP contribution in [-0.2, 0) is 7.05 Å². The monoisotopic (exact) mass is 235 g/mol. The molecule has 0 aliphatic rings. The van der Waals surface area contributed by atoms with Crippen molar-refractivity contribution < 1.29 is 0 Å². The van der Waals surface area contributed by atoms with E-state index >= 15 is 0 Å². The molecule has 0 radical (unpaired) electrons. The molecule has 2 rings (SSSR count). The Bertz CT molecular complexity index is 488. The van der Waals surface area contributed by atoms with Crippen molar-refractivity contribution in [2.75, 3.05) is 19.0 Å². The highest BCUT2D eigenvalue weighted by molar-refractivity contribution is 6.32. The number of benzene rings is 1. The Kier molecular flexibility index (Phi) is 2.88. The van der Waals surface area contributed by atoms with Crippen LogP contribution in [0.25, 0.3) is 11.4 Å². The Hall–Kier alpha value is -1.48. The maximum Gasteiger partial charge on any atom is 0.172 e. The molecule has 3 nitrogen and oxygen atoms in total. The molecular formula is C12H14ClN3. The highest BCUT2D eigenvalue weighted by Crippen LogP contribution is 2.29. The predicted molar refractivity (Wildman–Crippen MR) is 68.0 cm³/mol. The van der Waals surface area contributed by atoms with E-state index in [1.165, 1.54) is 0 Å². The van der Waals surface area contributed by atoms with Crippen LogP contribution in [-0.4, -0.2) is 23.6 Å². The first kappa shape index (κ1) is 11.0. The van der Waals surface area contributed by atoms with E-state index in [2.05, 4.69) is 4.98 Å². The number of halogens is 1. The minimum atomic E-state index is 0.534. The quantitative estimate of drug-likeness (QED) is 0.798. The van der Waals surface area contributed by atoms with Crippen LogP contribution >= 0.6 is 11.6 Å². The van der Waals surface area contributed by atoms with E-state index in [9.17, 15) is 0 Å². The van der Waals surface area contributed by atoms with Gasteiger partial charge in [-0.3, -0.25) is 0 Å². The normalized spacial score (nSPS) is 10.5. The fourth-order valence-corrected chi connectivity index (χ4v) is 2.16. The number of hydrogen-bond acceptors (Lipinski definition) is 2. The molecule has 0 saturated heterocycles. The molecule has 0 amide bonds. The molecule has 0 bridgehead atoms. The largest absolute Gasteiger partial charge is 0.362 e. The summed E-state index contributed by atoms with van der Waals surface area (Å²) in [5.41, 5.74) is 1.07. The molecule has 0 aliphatic heterocycles. The van der Waals surface area contributed by atoms with Crippen molar-refractivity contribution in [3.63, 3.8) is 0 Å². The molecule has 0 N–H and O–H groups in total. The van der Waals surface area contributed by atoms with Crippen LogP contribution in [0.15, 0.2) is 30.3 Å². The zero-order chi connectivity index (χ0) is 11.7. The van der Waals surface area contributed by atoms with Crippen LogP contribution in [0.3, 0.4) is 0 Å². The van der Waals surface area contributed by atoms with E-state index < -0.39 is 0 Å². The first-order chi connectivity index (χ1) is 7.61. The molecule has 2 aromatic rings. The first-order valence-electron chi connectivity index (χ1n) is 5.06. The van der Waals surface area contributed by atoms with E-state index in [0.717, 1.165) is 17.2 Å². The van der Waals surface area contributed by atoms with Gasteiger partial charge in [-0.05, 0) is 0 Å². The first-order valence-corrected chi connectivity index (χ1v) is 5.44. The Morgan fingerprint density at radius 2 is 1.81 bits per heavy atom. The molecule has 0 atom stereocenters. The van der Waals surface area contributed by atoms with E-state index in [1.807, 2.05) is 60.9 Å². The lowest BCUT2D eigenvalue weighted by Crippen LogP contribution is -2.13. The van der Waals surface area contributed by atoms with E-state index in [-0.39, 0.29) is 0 Å². The van der Waals surface area contributed by atoms with Crippen molar-refractivity contribution in [3.05, 3.63) is 35.5 Å². The number of rotatable bonds is 2. The van der Waals surface area contributed by atoms with Gasteiger partial charge in [-0.15, -0.1) is 0 Å². The third-order valence-electron chi connectivity index (χ3n) is 2.48. The van der Waals surface area contributed by atoms with Crippen LogP contribution in [0, 0.1) is 0 Å². The third kappa shape index (κ3) is 1.78. The molecule has 1 aromatic heterocycles. The van der Waals surface area contributed by atoms with Gasteiger partial charge in [0.15, 0.2) is 5.15 Å². The van der Waals surface area contributed by atoms with E-state index in [1.54, 1.807) is 0 Å². The Labute approximate surface area is 100 Å². The number of nitrogens with zero attached hydrogens (tertiary/aromatic N) is 3. The second-order valence-electron chi connectivity index (χ2n) is 3.87. The molecule has 0 saturated carbocycles. The molecule has 84 valence electrons. The Morgan fingerprint density at radius 1 is 1.19 bits per heavy atom. The summed E-state index contributed by atoms with van der Waals surface area (Å²) in [4.78, 5) is 6.35. The standard InChI is InChI=1S/C12H14ClN3/c1-15(2)12-10(13)14-11(16(12)3)9-7-5-4-6-8-9/h4-8H,1-3H3. The van der Waals surface area contributed by atoms with Crippen molar-refractivity contribution >= 4 is 17.4 Å². The second kappa shape index (κ2) is 4.18. The SMILES string of the molecule is CN(C)c1c(Cl)nc(-c2ccccc2)n1C. The third-order valence-corrected chi connectivity index (χ3v) is 2.73. The van der Waals surface area contributed by atoms with Crippen molar-refractivity contribution in [3.8, 4) is 11.4 Å². The van der Waals surface area contributed by atoms with Crippen LogP contribution in [0.5, 0.6) is 0 Å². The number of anilines is 1. The van der Waals surface area contributed by atoms with Gasteiger partial charge in [0.1, 0.15) is 11.6 Å². The van der Waals surface area contributed by atoms with Crippen LogP contribution in [0.2, 0.25) is 5.15 Å². The lowest BCUT2D eigenvalue weighted by molar-refractivity contribution is 0.887. The average Bonchev–Trinajstić information content (AvgIpc) is 2.55. The Morgan fingerprint density at radius 3 is 2.31 bits per heavy atom. The second-order valence-corrected chi connectivity index (χ2v) is 4.23. The maximum absolute atomic E-state index is 6.12. The molecular weight excluding hydrogens is 222 g/mol. The molecule has 4 heteroatoms. The van der Waals surface area contributed by atoms with Crippen molar-refractivity contribution in [2.45, 2.75) is 0 Å². The summed E-state index contributed by atoms with van der Waals surface area (Å²) in [5.74, 6) is 1.80. The summed E-state index contributed by atoms with van der Waals surface area (Å²) in [6.07, 6.45) is 0. The highest BCUT2D eigenvalue weighted by Gasteiger charge is 2.15. The van der Waals surface area contributed by atoms with Crippen molar-refractivity contribution in [2.24, 2.45) is 7.05 Å². The minimum Gasteiger partial charge on any atom is -0.362 e. The summed E-state index contributed by atoms with van der Waals surface area (Å²) in [6.45, 7) is 0. The topological polar surface area (TPSA) is 21.1 Å². The van der Waals surface area contributed by atoms with E-state index in [4.69, 9.17) is 11.6 Å².